The van der Waals surface area contributed by atoms with Crippen molar-refractivity contribution in [2.45, 2.75) is 50.3 Å². The van der Waals surface area contributed by atoms with Gasteiger partial charge in [0.1, 0.15) is 13.2 Å². The van der Waals surface area contributed by atoms with Crippen molar-refractivity contribution in [2.75, 3.05) is 13.2 Å². The lowest BCUT2D eigenvalue weighted by atomic mass is 9.87. The van der Waals surface area contributed by atoms with Crippen molar-refractivity contribution in [3.8, 4) is 11.5 Å². The second-order valence-electron chi connectivity index (χ2n) is 6.98. The fourth-order valence-electron chi connectivity index (χ4n) is 4.18. The minimum Gasteiger partial charge on any atom is -0.486 e. The SMILES string of the molecule is CC1(O)CC2CCC(C1)N2C(=O)c1cc(Br)c2c(c1)OCCO2. The van der Waals surface area contributed by atoms with E-state index in [0.717, 1.165) is 17.3 Å². The van der Waals surface area contributed by atoms with Crippen LogP contribution in [0.1, 0.15) is 43.0 Å². The molecule has 2 unspecified atom stereocenters. The highest BCUT2D eigenvalue weighted by Crippen LogP contribution is 2.43. The molecule has 1 N–H and O–H groups in total. The highest BCUT2D eigenvalue weighted by atomic mass is 79.9. The predicted molar refractivity (Wildman–Crippen MR) is 88.0 cm³/mol. The topological polar surface area (TPSA) is 59.0 Å². The van der Waals surface area contributed by atoms with Crippen molar-refractivity contribution in [1.82, 2.24) is 4.90 Å². The van der Waals surface area contributed by atoms with Crippen LogP contribution in [0.4, 0.5) is 0 Å². The van der Waals surface area contributed by atoms with E-state index in [1.54, 1.807) is 6.07 Å². The molecule has 124 valence electrons. The number of carbonyl (C=O) groups excluding carboxylic acids is 1. The van der Waals surface area contributed by atoms with Gasteiger partial charge in [0.15, 0.2) is 11.5 Å². The number of piperidine rings is 1. The number of aliphatic hydroxyl groups is 1. The molecule has 0 aliphatic carbocycles. The van der Waals surface area contributed by atoms with Gasteiger partial charge in [0.05, 0.1) is 10.1 Å². The molecule has 4 rings (SSSR count). The molecule has 1 aromatic rings. The minimum atomic E-state index is -0.657. The van der Waals surface area contributed by atoms with E-state index in [0.29, 0.717) is 43.1 Å². The van der Waals surface area contributed by atoms with Gasteiger partial charge >= 0.3 is 0 Å². The second kappa shape index (κ2) is 5.38. The Kier molecular flexibility index (Phi) is 3.57. The zero-order valence-corrected chi connectivity index (χ0v) is 14.6. The van der Waals surface area contributed by atoms with Crippen molar-refractivity contribution in [1.29, 1.82) is 0 Å². The first-order chi connectivity index (χ1) is 10.9. The smallest absolute Gasteiger partial charge is 0.254 e. The Morgan fingerprint density at radius 1 is 1.26 bits per heavy atom. The fourth-order valence-corrected chi connectivity index (χ4v) is 4.73. The molecule has 3 heterocycles. The summed E-state index contributed by atoms with van der Waals surface area (Å²) in [5.74, 6) is 1.30. The van der Waals surface area contributed by atoms with Gasteiger partial charge in [0, 0.05) is 17.6 Å². The van der Waals surface area contributed by atoms with Crippen LogP contribution in [-0.4, -0.2) is 46.8 Å². The van der Waals surface area contributed by atoms with Crippen LogP contribution in [0.15, 0.2) is 16.6 Å². The maximum Gasteiger partial charge on any atom is 0.254 e. The molecule has 0 spiro atoms. The maximum atomic E-state index is 13.0. The molecule has 0 radical (unpaired) electrons. The fraction of sp³-hybridized carbons (Fsp3) is 0.588. The predicted octanol–water partition coefficient (Wildman–Crippen LogP) is 2.74. The Balaban J connectivity index is 1.64. The highest BCUT2D eigenvalue weighted by Gasteiger charge is 2.47. The largest absolute Gasteiger partial charge is 0.486 e. The maximum absolute atomic E-state index is 13.0. The third-order valence-electron chi connectivity index (χ3n) is 5.05. The second-order valence-corrected chi connectivity index (χ2v) is 7.84. The monoisotopic (exact) mass is 381 g/mol. The van der Waals surface area contributed by atoms with Crippen LogP contribution in [0.2, 0.25) is 0 Å². The number of amides is 1. The van der Waals surface area contributed by atoms with E-state index in [2.05, 4.69) is 15.9 Å². The molecular formula is C17H20BrNO4. The number of fused-ring (bicyclic) bond motifs is 3. The summed E-state index contributed by atoms with van der Waals surface area (Å²) in [5, 5.41) is 10.3. The average molecular weight is 382 g/mol. The molecule has 2 fully saturated rings. The van der Waals surface area contributed by atoms with E-state index in [4.69, 9.17) is 9.47 Å². The first kappa shape index (κ1) is 15.3. The zero-order chi connectivity index (χ0) is 16.2. The molecule has 0 aromatic heterocycles. The van der Waals surface area contributed by atoms with Crippen LogP contribution in [0.5, 0.6) is 11.5 Å². The molecule has 1 aromatic carbocycles. The van der Waals surface area contributed by atoms with Crippen molar-refractivity contribution in [2.24, 2.45) is 0 Å². The Morgan fingerprint density at radius 3 is 2.61 bits per heavy atom. The minimum absolute atomic E-state index is 0.0191. The summed E-state index contributed by atoms with van der Waals surface area (Å²) < 4.78 is 12.0. The van der Waals surface area contributed by atoms with Crippen molar-refractivity contribution in [3.63, 3.8) is 0 Å². The number of hydrogen-bond acceptors (Lipinski definition) is 4. The highest BCUT2D eigenvalue weighted by molar-refractivity contribution is 9.10. The average Bonchev–Trinajstić information content (AvgIpc) is 2.79. The van der Waals surface area contributed by atoms with Crippen molar-refractivity contribution >= 4 is 21.8 Å². The van der Waals surface area contributed by atoms with Crippen LogP contribution < -0.4 is 9.47 Å². The van der Waals surface area contributed by atoms with E-state index < -0.39 is 5.60 Å². The lowest BCUT2D eigenvalue weighted by molar-refractivity contribution is -0.0300. The van der Waals surface area contributed by atoms with Crippen LogP contribution in [0.3, 0.4) is 0 Å². The van der Waals surface area contributed by atoms with E-state index in [-0.39, 0.29) is 18.0 Å². The number of rotatable bonds is 1. The number of ether oxygens (including phenoxy) is 2. The summed E-state index contributed by atoms with van der Waals surface area (Å²) in [7, 11) is 0. The number of benzene rings is 1. The van der Waals surface area contributed by atoms with Crippen LogP contribution in [0, 0.1) is 0 Å². The quantitative estimate of drug-likeness (QED) is 0.812. The molecule has 23 heavy (non-hydrogen) atoms. The summed E-state index contributed by atoms with van der Waals surface area (Å²) in [4.78, 5) is 15.0. The van der Waals surface area contributed by atoms with Gasteiger partial charge in [-0.3, -0.25) is 4.79 Å². The molecular weight excluding hydrogens is 362 g/mol. The number of hydrogen-bond donors (Lipinski definition) is 1. The molecule has 2 atom stereocenters. The Hall–Kier alpha value is -1.27. The third kappa shape index (κ3) is 2.62. The molecule has 3 aliphatic heterocycles. The lowest BCUT2D eigenvalue weighted by Crippen LogP contribution is -2.52. The normalized spacial score (nSPS) is 32.0. The van der Waals surface area contributed by atoms with Gasteiger partial charge < -0.3 is 19.5 Å². The van der Waals surface area contributed by atoms with E-state index >= 15 is 0 Å². The van der Waals surface area contributed by atoms with Crippen LogP contribution in [-0.2, 0) is 0 Å². The number of carbonyl (C=O) groups is 1. The number of nitrogens with zero attached hydrogens (tertiary/aromatic N) is 1. The van der Waals surface area contributed by atoms with E-state index in [1.807, 2.05) is 17.9 Å². The van der Waals surface area contributed by atoms with Gasteiger partial charge in [-0.25, -0.2) is 0 Å². The van der Waals surface area contributed by atoms with Gasteiger partial charge in [-0.05, 0) is 60.7 Å². The Morgan fingerprint density at radius 2 is 1.91 bits per heavy atom. The van der Waals surface area contributed by atoms with Crippen molar-refractivity contribution in [3.05, 3.63) is 22.2 Å². The first-order valence-corrected chi connectivity index (χ1v) is 8.88. The van der Waals surface area contributed by atoms with Gasteiger partial charge in [0.25, 0.3) is 5.91 Å². The summed E-state index contributed by atoms with van der Waals surface area (Å²) >= 11 is 3.47. The molecule has 3 aliphatic rings. The van der Waals surface area contributed by atoms with Gasteiger partial charge in [-0.15, -0.1) is 0 Å². The number of halogens is 1. The first-order valence-electron chi connectivity index (χ1n) is 8.09. The van der Waals surface area contributed by atoms with Crippen molar-refractivity contribution < 1.29 is 19.4 Å². The molecule has 6 heteroatoms. The third-order valence-corrected chi connectivity index (χ3v) is 5.64. The molecule has 2 saturated heterocycles. The standard InChI is InChI=1S/C17H20BrNO4/c1-17(21)8-11-2-3-12(9-17)19(11)16(20)10-6-13(18)15-14(7-10)22-4-5-23-15/h6-7,11-12,21H,2-5,8-9H2,1H3. The van der Waals surface area contributed by atoms with Gasteiger partial charge in [0.2, 0.25) is 0 Å². The molecule has 1 amide bonds. The molecule has 5 nitrogen and oxygen atoms in total. The molecule has 2 bridgehead atoms. The lowest BCUT2D eigenvalue weighted by Gasteiger charge is -2.42. The van der Waals surface area contributed by atoms with Gasteiger partial charge in [-0.1, -0.05) is 0 Å². The zero-order valence-electron chi connectivity index (χ0n) is 13.0. The van der Waals surface area contributed by atoms with E-state index in [9.17, 15) is 9.90 Å². The summed E-state index contributed by atoms with van der Waals surface area (Å²) in [6.45, 7) is 2.89. The Labute approximate surface area is 143 Å². The van der Waals surface area contributed by atoms with Gasteiger partial charge in [-0.2, -0.15) is 0 Å². The Bertz CT molecular complexity index is 644. The molecule has 0 saturated carbocycles. The van der Waals surface area contributed by atoms with Crippen LogP contribution in [0.25, 0.3) is 0 Å². The summed E-state index contributed by atoms with van der Waals surface area (Å²) in [6.07, 6.45) is 3.25. The van der Waals surface area contributed by atoms with Crippen LogP contribution >= 0.6 is 15.9 Å². The van der Waals surface area contributed by atoms with E-state index in [1.165, 1.54) is 0 Å². The summed E-state index contributed by atoms with van der Waals surface area (Å²) in [6, 6.07) is 3.84. The summed E-state index contributed by atoms with van der Waals surface area (Å²) in [5.41, 5.74) is -0.0460.